The number of hydrogen-bond donors (Lipinski definition) is 2. The summed E-state index contributed by atoms with van der Waals surface area (Å²) in [6.07, 6.45) is 0.558. The van der Waals surface area contributed by atoms with Gasteiger partial charge in [-0.1, -0.05) is 36.0 Å². The van der Waals surface area contributed by atoms with Crippen LogP contribution in [0.25, 0.3) is 5.69 Å². The maximum Gasteiger partial charge on any atom is 0.244 e. The normalized spacial score (nSPS) is 12.2. The van der Waals surface area contributed by atoms with Crippen molar-refractivity contribution in [1.82, 2.24) is 20.2 Å². The van der Waals surface area contributed by atoms with Gasteiger partial charge in [-0.05, 0) is 29.8 Å². The summed E-state index contributed by atoms with van der Waals surface area (Å²) >= 11 is 1.28. The van der Waals surface area contributed by atoms with Gasteiger partial charge >= 0.3 is 0 Å². The number of benzene rings is 2. The zero-order valence-electron chi connectivity index (χ0n) is 14.3. The monoisotopic (exact) mass is 383 g/mol. The maximum absolute atomic E-state index is 11.5. The third-order valence-electron chi connectivity index (χ3n) is 4.01. The number of fused-ring (bicyclic) bond motifs is 1. The van der Waals surface area contributed by atoms with Crippen molar-refractivity contribution in [2.75, 3.05) is 12.5 Å². The van der Waals surface area contributed by atoms with Gasteiger partial charge in [0.2, 0.25) is 12.7 Å². The van der Waals surface area contributed by atoms with E-state index in [1.807, 2.05) is 53.1 Å². The van der Waals surface area contributed by atoms with Crippen LogP contribution in [0.2, 0.25) is 0 Å². The van der Waals surface area contributed by atoms with Gasteiger partial charge in [0.25, 0.3) is 0 Å². The summed E-state index contributed by atoms with van der Waals surface area (Å²) in [5.74, 6) is 7.27. The van der Waals surface area contributed by atoms with Crippen LogP contribution in [0.4, 0.5) is 0 Å². The summed E-state index contributed by atoms with van der Waals surface area (Å²) in [4.78, 5) is 11.5. The number of thioether (sulfide) groups is 1. The number of amides is 1. The van der Waals surface area contributed by atoms with Crippen LogP contribution in [0.3, 0.4) is 0 Å². The Morgan fingerprint density at radius 3 is 2.78 bits per heavy atom. The van der Waals surface area contributed by atoms with E-state index >= 15 is 0 Å². The molecule has 0 unspecified atom stereocenters. The fourth-order valence-electron chi connectivity index (χ4n) is 2.75. The SMILES string of the molecule is NNC(=O)CSc1nnc(Cc2ccc3c(c2)OCO3)n1-c1ccccc1. The highest BCUT2D eigenvalue weighted by molar-refractivity contribution is 7.99. The maximum atomic E-state index is 11.5. The smallest absolute Gasteiger partial charge is 0.244 e. The van der Waals surface area contributed by atoms with E-state index in [0.717, 1.165) is 28.6 Å². The third kappa shape index (κ3) is 3.74. The molecule has 1 aliphatic rings. The average Bonchev–Trinajstić information content (AvgIpc) is 3.33. The molecule has 0 radical (unpaired) electrons. The highest BCUT2D eigenvalue weighted by Crippen LogP contribution is 2.33. The molecule has 8 nitrogen and oxygen atoms in total. The topological polar surface area (TPSA) is 104 Å². The number of carbonyl (C=O) groups excluding carboxylic acids is 1. The quantitative estimate of drug-likeness (QED) is 0.289. The molecular weight excluding hydrogens is 366 g/mol. The highest BCUT2D eigenvalue weighted by Gasteiger charge is 2.18. The number of ether oxygens (including phenoxy) is 2. The van der Waals surface area contributed by atoms with Crippen LogP contribution in [0, 0.1) is 0 Å². The molecule has 0 aliphatic carbocycles. The van der Waals surface area contributed by atoms with Gasteiger partial charge in [0.05, 0.1) is 5.75 Å². The second-order valence-corrected chi connectivity index (χ2v) is 6.73. The van der Waals surface area contributed by atoms with Crippen LogP contribution in [0.5, 0.6) is 11.5 Å². The molecule has 0 atom stereocenters. The van der Waals surface area contributed by atoms with Crippen LogP contribution < -0.4 is 20.7 Å². The van der Waals surface area contributed by atoms with Crippen molar-refractivity contribution in [3.63, 3.8) is 0 Å². The molecule has 0 spiro atoms. The van der Waals surface area contributed by atoms with Gasteiger partial charge in [0.1, 0.15) is 5.82 Å². The summed E-state index contributed by atoms with van der Waals surface area (Å²) in [5, 5.41) is 9.23. The molecule has 0 bridgehead atoms. The lowest BCUT2D eigenvalue weighted by Gasteiger charge is -2.10. The molecule has 1 aromatic heterocycles. The molecule has 138 valence electrons. The van der Waals surface area contributed by atoms with E-state index in [9.17, 15) is 4.79 Å². The number of hydrazine groups is 1. The molecule has 1 aliphatic heterocycles. The van der Waals surface area contributed by atoms with E-state index in [2.05, 4.69) is 15.6 Å². The Labute approximate surface area is 159 Å². The number of rotatable bonds is 6. The number of nitrogens with two attached hydrogens (primary N) is 1. The van der Waals surface area contributed by atoms with E-state index in [1.54, 1.807) is 0 Å². The summed E-state index contributed by atoms with van der Waals surface area (Å²) in [6, 6.07) is 15.6. The van der Waals surface area contributed by atoms with Crippen LogP contribution >= 0.6 is 11.8 Å². The number of nitrogens with one attached hydrogen (secondary N) is 1. The summed E-state index contributed by atoms with van der Waals surface area (Å²) < 4.78 is 12.8. The number of carbonyl (C=O) groups is 1. The molecule has 27 heavy (non-hydrogen) atoms. The Morgan fingerprint density at radius 1 is 1.15 bits per heavy atom. The zero-order valence-corrected chi connectivity index (χ0v) is 15.1. The lowest BCUT2D eigenvalue weighted by molar-refractivity contribution is -0.118. The third-order valence-corrected chi connectivity index (χ3v) is 4.94. The molecule has 4 rings (SSSR count). The first-order chi connectivity index (χ1) is 13.2. The molecule has 1 amide bonds. The predicted octanol–water partition coefficient (Wildman–Crippen LogP) is 1.67. The Hall–Kier alpha value is -3.04. The number of para-hydroxylation sites is 1. The molecule has 2 heterocycles. The molecule has 3 N–H and O–H groups in total. The number of aromatic nitrogens is 3. The van der Waals surface area contributed by atoms with Crippen LogP contribution in [0.1, 0.15) is 11.4 Å². The molecule has 3 aromatic rings. The second-order valence-electron chi connectivity index (χ2n) is 5.79. The molecule has 9 heteroatoms. The summed E-state index contributed by atoms with van der Waals surface area (Å²) in [6.45, 7) is 0.239. The molecule has 0 saturated carbocycles. The Kier molecular flexibility index (Phi) is 4.95. The minimum Gasteiger partial charge on any atom is -0.454 e. The fourth-order valence-corrected chi connectivity index (χ4v) is 3.53. The van der Waals surface area contributed by atoms with Gasteiger partial charge in [-0.2, -0.15) is 0 Å². The number of nitrogens with zero attached hydrogens (tertiary/aromatic N) is 3. The van der Waals surface area contributed by atoms with E-state index in [1.165, 1.54) is 11.8 Å². The van der Waals surface area contributed by atoms with E-state index in [-0.39, 0.29) is 18.5 Å². The van der Waals surface area contributed by atoms with Crippen molar-refractivity contribution in [1.29, 1.82) is 0 Å². The lowest BCUT2D eigenvalue weighted by atomic mass is 10.1. The molecular formula is C18H17N5O3S. The van der Waals surface area contributed by atoms with Gasteiger partial charge in [0, 0.05) is 12.1 Å². The van der Waals surface area contributed by atoms with Crippen molar-refractivity contribution < 1.29 is 14.3 Å². The molecule has 0 saturated heterocycles. The first-order valence-corrected chi connectivity index (χ1v) is 9.23. The molecule has 2 aromatic carbocycles. The summed E-state index contributed by atoms with van der Waals surface area (Å²) in [7, 11) is 0. The Balaban J connectivity index is 1.65. The minimum absolute atomic E-state index is 0.158. The first-order valence-electron chi connectivity index (χ1n) is 8.25. The van der Waals surface area contributed by atoms with Crippen LogP contribution in [-0.2, 0) is 11.2 Å². The fraction of sp³-hybridized carbons (Fsp3) is 0.167. The Morgan fingerprint density at radius 2 is 1.96 bits per heavy atom. The standard InChI is InChI=1S/C18H17N5O3S/c19-20-17(24)10-27-18-22-21-16(23(18)13-4-2-1-3-5-13)9-12-6-7-14-15(8-12)26-11-25-14/h1-8H,9-11,19H2,(H,20,24). The van der Waals surface area contributed by atoms with E-state index in [0.29, 0.717) is 11.6 Å². The first kappa shape index (κ1) is 17.4. The number of hydrogen-bond acceptors (Lipinski definition) is 7. The van der Waals surface area contributed by atoms with Gasteiger partial charge in [-0.15, -0.1) is 10.2 Å². The lowest BCUT2D eigenvalue weighted by Crippen LogP contribution is -2.31. The van der Waals surface area contributed by atoms with Crippen molar-refractivity contribution >= 4 is 17.7 Å². The van der Waals surface area contributed by atoms with E-state index in [4.69, 9.17) is 15.3 Å². The zero-order chi connectivity index (χ0) is 18.6. The second kappa shape index (κ2) is 7.68. The van der Waals surface area contributed by atoms with Gasteiger partial charge < -0.3 is 9.47 Å². The summed E-state index contributed by atoms with van der Waals surface area (Å²) in [5.41, 5.74) is 4.07. The molecule has 0 fully saturated rings. The average molecular weight is 383 g/mol. The van der Waals surface area contributed by atoms with E-state index < -0.39 is 0 Å². The van der Waals surface area contributed by atoms with Crippen LogP contribution in [-0.4, -0.2) is 33.2 Å². The van der Waals surface area contributed by atoms with Crippen molar-refractivity contribution in [3.8, 4) is 17.2 Å². The van der Waals surface area contributed by atoms with Gasteiger partial charge in [0.15, 0.2) is 16.7 Å². The van der Waals surface area contributed by atoms with Crippen molar-refractivity contribution in [2.45, 2.75) is 11.6 Å². The van der Waals surface area contributed by atoms with Crippen molar-refractivity contribution in [2.24, 2.45) is 5.84 Å². The van der Waals surface area contributed by atoms with Crippen LogP contribution in [0.15, 0.2) is 53.7 Å². The largest absolute Gasteiger partial charge is 0.454 e. The van der Waals surface area contributed by atoms with Gasteiger partial charge in [-0.25, -0.2) is 5.84 Å². The Bertz CT molecular complexity index is 961. The predicted molar refractivity (Wildman–Crippen MR) is 99.8 cm³/mol. The van der Waals surface area contributed by atoms with Gasteiger partial charge in [-0.3, -0.25) is 14.8 Å². The van der Waals surface area contributed by atoms with Crippen molar-refractivity contribution in [3.05, 3.63) is 59.9 Å². The minimum atomic E-state index is -0.278. The highest BCUT2D eigenvalue weighted by atomic mass is 32.2.